The van der Waals surface area contributed by atoms with Crippen molar-refractivity contribution >= 4 is 11.9 Å². The van der Waals surface area contributed by atoms with Crippen LogP contribution in [-0.4, -0.2) is 49.6 Å². The van der Waals surface area contributed by atoms with Crippen LogP contribution in [0.3, 0.4) is 0 Å². The van der Waals surface area contributed by atoms with Gasteiger partial charge in [-0.25, -0.2) is 4.99 Å². The van der Waals surface area contributed by atoms with E-state index in [0.717, 1.165) is 19.2 Å². The van der Waals surface area contributed by atoms with Gasteiger partial charge in [-0.1, -0.05) is 12.1 Å². The van der Waals surface area contributed by atoms with Crippen LogP contribution in [0.25, 0.3) is 0 Å². The van der Waals surface area contributed by atoms with Gasteiger partial charge in [0.25, 0.3) is 0 Å². The summed E-state index contributed by atoms with van der Waals surface area (Å²) in [7, 11) is 1.01. The third-order valence-corrected chi connectivity index (χ3v) is 3.63. The molecule has 1 aromatic rings. The van der Waals surface area contributed by atoms with Gasteiger partial charge in [0.05, 0.1) is 11.6 Å². The molecule has 0 bridgehead atoms. The first kappa shape index (κ1) is 23.6. The lowest BCUT2D eigenvalue weighted by molar-refractivity contribution is -0.157. The number of amides is 1. The molecule has 0 saturated heterocycles. The van der Waals surface area contributed by atoms with Crippen molar-refractivity contribution in [1.82, 2.24) is 15.5 Å². The van der Waals surface area contributed by atoms with E-state index in [9.17, 15) is 31.1 Å². The molecular weight excluding hydrogens is 390 g/mol. The first-order chi connectivity index (χ1) is 12.8. The van der Waals surface area contributed by atoms with Crippen molar-refractivity contribution in [3.63, 3.8) is 0 Å². The van der Waals surface area contributed by atoms with Gasteiger partial charge in [0.2, 0.25) is 5.91 Å². The zero-order valence-corrected chi connectivity index (χ0v) is 15.6. The van der Waals surface area contributed by atoms with Crippen LogP contribution < -0.4 is 10.6 Å². The molecule has 0 aliphatic rings. The van der Waals surface area contributed by atoms with Crippen molar-refractivity contribution in [2.75, 3.05) is 26.7 Å². The second-order valence-electron chi connectivity index (χ2n) is 6.05. The number of carbonyl (C=O) groups excluding carboxylic acids is 1. The standard InChI is InChI=1S/C17H22F6N4O/c1-4-24-15(25-9-14(28)27(3)10-16(18,19)20)26-11(2)12-6-5-7-13(8-12)17(21,22)23/h5-8,11H,4,9-10H2,1-3H3,(H2,24,25,26). The molecule has 0 aliphatic heterocycles. The highest BCUT2D eigenvalue weighted by Crippen LogP contribution is 2.30. The van der Waals surface area contributed by atoms with Gasteiger partial charge < -0.3 is 15.5 Å². The maximum Gasteiger partial charge on any atom is 0.416 e. The predicted molar refractivity (Wildman–Crippen MR) is 92.7 cm³/mol. The molecule has 0 radical (unpaired) electrons. The fraction of sp³-hybridized carbons (Fsp3) is 0.529. The van der Waals surface area contributed by atoms with Crippen molar-refractivity contribution in [1.29, 1.82) is 0 Å². The maximum absolute atomic E-state index is 12.8. The molecule has 1 atom stereocenters. The summed E-state index contributed by atoms with van der Waals surface area (Å²) in [6.07, 6.45) is -9.00. The number of hydrogen-bond acceptors (Lipinski definition) is 2. The van der Waals surface area contributed by atoms with Crippen molar-refractivity contribution < 1.29 is 31.1 Å². The minimum atomic E-state index is -4.52. The first-order valence-electron chi connectivity index (χ1n) is 8.36. The van der Waals surface area contributed by atoms with Crippen LogP contribution in [0.4, 0.5) is 26.3 Å². The third kappa shape index (κ3) is 8.05. The fourth-order valence-corrected chi connectivity index (χ4v) is 2.22. The van der Waals surface area contributed by atoms with Gasteiger partial charge in [0.15, 0.2) is 5.96 Å². The molecule has 1 unspecified atom stereocenters. The number of halogens is 6. The van der Waals surface area contributed by atoms with Gasteiger partial charge in [-0.3, -0.25) is 4.79 Å². The molecule has 0 spiro atoms. The van der Waals surface area contributed by atoms with Crippen molar-refractivity contribution in [3.8, 4) is 0 Å². The molecule has 0 heterocycles. The summed E-state index contributed by atoms with van der Waals surface area (Å²) in [6, 6.07) is 4.12. The number of likely N-dealkylation sites (N-methyl/N-ethyl adjacent to an activating group) is 1. The third-order valence-electron chi connectivity index (χ3n) is 3.63. The smallest absolute Gasteiger partial charge is 0.357 e. The molecule has 0 aliphatic carbocycles. The summed E-state index contributed by atoms with van der Waals surface area (Å²) in [5, 5.41) is 5.63. The highest BCUT2D eigenvalue weighted by atomic mass is 19.4. The van der Waals surface area contributed by atoms with E-state index in [1.165, 1.54) is 12.1 Å². The summed E-state index contributed by atoms with van der Waals surface area (Å²) in [4.78, 5) is 16.2. The van der Waals surface area contributed by atoms with Crippen LogP contribution in [0.1, 0.15) is 31.0 Å². The maximum atomic E-state index is 12.8. The average molecular weight is 412 g/mol. The molecule has 11 heteroatoms. The largest absolute Gasteiger partial charge is 0.416 e. The Morgan fingerprint density at radius 3 is 2.39 bits per heavy atom. The molecule has 5 nitrogen and oxygen atoms in total. The summed E-state index contributed by atoms with van der Waals surface area (Å²) in [6.45, 7) is 1.76. The Hall–Kier alpha value is -2.46. The average Bonchev–Trinajstić information content (AvgIpc) is 2.57. The topological polar surface area (TPSA) is 56.7 Å². The van der Waals surface area contributed by atoms with E-state index >= 15 is 0 Å². The molecule has 0 aromatic heterocycles. The highest BCUT2D eigenvalue weighted by molar-refractivity contribution is 5.85. The zero-order valence-electron chi connectivity index (χ0n) is 15.6. The Balaban J connectivity index is 2.83. The van der Waals surface area contributed by atoms with Crippen molar-refractivity contribution in [2.45, 2.75) is 32.2 Å². The molecule has 0 fully saturated rings. The number of guanidine groups is 1. The Bertz CT molecular complexity index is 687. The molecule has 0 saturated carbocycles. The van der Waals surface area contributed by atoms with E-state index in [0.29, 0.717) is 17.0 Å². The summed E-state index contributed by atoms with van der Waals surface area (Å²) in [5.41, 5.74) is -0.467. The van der Waals surface area contributed by atoms with Gasteiger partial charge in [0.1, 0.15) is 13.1 Å². The monoisotopic (exact) mass is 412 g/mol. The van der Waals surface area contributed by atoms with E-state index in [1.54, 1.807) is 13.8 Å². The summed E-state index contributed by atoms with van der Waals surface area (Å²) < 4.78 is 75.5. The van der Waals surface area contributed by atoms with Gasteiger partial charge in [-0.05, 0) is 31.5 Å². The van der Waals surface area contributed by atoms with Gasteiger partial charge in [-0.15, -0.1) is 0 Å². The summed E-state index contributed by atoms with van der Waals surface area (Å²) >= 11 is 0. The van der Waals surface area contributed by atoms with Crippen molar-refractivity contribution in [2.24, 2.45) is 4.99 Å². The lowest BCUT2D eigenvalue weighted by Crippen LogP contribution is -2.41. The van der Waals surface area contributed by atoms with Crippen molar-refractivity contribution in [3.05, 3.63) is 35.4 Å². The van der Waals surface area contributed by atoms with E-state index in [1.807, 2.05) is 0 Å². The number of benzene rings is 1. The molecular formula is C17H22F6N4O. The number of hydrogen-bond donors (Lipinski definition) is 2. The second-order valence-corrected chi connectivity index (χ2v) is 6.05. The van der Waals surface area contributed by atoms with Crippen LogP contribution in [0.15, 0.2) is 29.3 Å². The van der Waals surface area contributed by atoms with Gasteiger partial charge >= 0.3 is 12.4 Å². The lowest BCUT2D eigenvalue weighted by Gasteiger charge is -2.20. The van der Waals surface area contributed by atoms with Gasteiger partial charge in [-0.2, -0.15) is 26.3 Å². The number of nitrogens with one attached hydrogen (secondary N) is 2. The van der Waals surface area contributed by atoms with Gasteiger partial charge in [0, 0.05) is 13.6 Å². The molecule has 158 valence electrons. The Kier molecular flexibility index (Phi) is 8.13. The van der Waals surface area contributed by atoms with E-state index in [-0.39, 0.29) is 5.96 Å². The molecule has 28 heavy (non-hydrogen) atoms. The van der Waals surface area contributed by atoms with Crippen LogP contribution in [0.2, 0.25) is 0 Å². The minimum Gasteiger partial charge on any atom is -0.357 e. The molecule has 2 N–H and O–H groups in total. The molecule has 1 rings (SSSR count). The number of alkyl halides is 6. The van der Waals surface area contributed by atoms with E-state index < -0.39 is 43.0 Å². The minimum absolute atomic E-state index is 0.0983. The first-order valence-corrected chi connectivity index (χ1v) is 8.36. The van der Waals surface area contributed by atoms with Crippen LogP contribution >= 0.6 is 0 Å². The Morgan fingerprint density at radius 2 is 1.86 bits per heavy atom. The quantitative estimate of drug-likeness (QED) is 0.428. The lowest BCUT2D eigenvalue weighted by atomic mass is 10.1. The molecule has 1 amide bonds. The number of nitrogens with zero attached hydrogens (tertiary/aromatic N) is 2. The number of carbonyl (C=O) groups is 1. The summed E-state index contributed by atoms with van der Waals surface area (Å²) in [5.74, 6) is -0.748. The van der Waals surface area contributed by atoms with Crippen LogP contribution in [0.5, 0.6) is 0 Å². The second kappa shape index (κ2) is 9.65. The number of rotatable bonds is 6. The van der Waals surface area contributed by atoms with E-state index in [4.69, 9.17) is 0 Å². The number of aliphatic imine (C=N–C) groups is 1. The fourth-order valence-electron chi connectivity index (χ4n) is 2.22. The normalized spacial score (nSPS) is 13.8. The predicted octanol–water partition coefficient (Wildman–Crippen LogP) is 3.34. The zero-order chi connectivity index (χ0) is 21.5. The molecule has 1 aromatic carbocycles. The van der Waals surface area contributed by atoms with Crippen LogP contribution in [-0.2, 0) is 11.0 Å². The highest BCUT2D eigenvalue weighted by Gasteiger charge is 2.31. The SMILES string of the molecule is CCNC(=NCC(=O)N(C)CC(F)(F)F)NC(C)c1cccc(C(F)(F)F)c1. The Morgan fingerprint density at radius 1 is 1.21 bits per heavy atom. The van der Waals surface area contributed by atoms with E-state index in [2.05, 4.69) is 15.6 Å². The Labute approximate surface area is 158 Å². The van der Waals surface area contributed by atoms with Crippen LogP contribution in [0, 0.1) is 0 Å².